The van der Waals surface area contributed by atoms with E-state index in [4.69, 9.17) is 0 Å². The van der Waals surface area contributed by atoms with Crippen molar-refractivity contribution in [2.75, 3.05) is 7.05 Å². The highest BCUT2D eigenvalue weighted by molar-refractivity contribution is 5.98. The topological polar surface area (TPSA) is 94.9 Å². The lowest BCUT2D eigenvalue weighted by molar-refractivity contribution is -0.141. The first-order chi connectivity index (χ1) is 18.5. The number of aryl methyl sites for hydroxylation is 2. The van der Waals surface area contributed by atoms with Gasteiger partial charge in [-0.3, -0.25) is 9.59 Å². The van der Waals surface area contributed by atoms with Crippen molar-refractivity contribution in [1.29, 1.82) is 0 Å². The van der Waals surface area contributed by atoms with Gasteiger partial charge in [-0.1, -0.05) is 78.3 Å². The van der Waals surface area contributed by atoms with E-state index >= 15 is 0 Å². The van der Waals surface area contributed by atoms with E-state index in [0.717, 1.165) is 41.5 Å². The molecule has 6 nitrogen and oxygen atoms in total. The minimum Gasteiger partial charge on any atom is -0.480 e. The maximum absolute atomic E-state index is 13.4. The molecular formula is C34H49NO5. The summed E-state index contributed by atoms with van der Waals surface area (Å²) in [7, 11) is 1.51. The summed E-state index contributed by atoms with van der Waals surface area (Å²) in [4.78, 5) is 39.1. The van der Waals surface area contributed by atoms with Gasteiger partial charge in [-0.2, -0.15) is 0 Å². The average molecular weight is 552 g/mol. The van der Waals surface area contributed by atoms with Gasteiger partial charge in [-0.05, 0) is 73.8 Å². The van der Waals surface area contributed by atoms with Gasteiger partial charge in [0.1, 0.15) is 6.04 Å². The van der Waals surface area contributed by atoms with Crippen LogP contribution in [0, 0.1) is 19.3 Å². The number of Topliss-reactive ketones (excluding diaryl/α,β-unsaturated/α-hetero) is 1. The number of carbonyl (C=O) groups excluding carboxylic acids is 2. The van der Waals surface area contributed by atoms with Gasteiger partial charge in [0.25, 0.3) is 5.91 Å². The molecule has 3 atom stereocenters. The maximum Gasteiger partial charge on any atom is 0.326 e. The normalized spacial score (nSPS) is 15.6. The maximum atomic E-state index is 13.4. The molecule has 2 aromatic carbocycles. The Morgan fingerprint density at radius 3 is 1.75 bits per heavy atom. The molecule has 40 heavy (non-hydrogen) atoms. The van der Waals surface area contributed by atoms with Gasteiger partial charge in [0, 0.05) is 30.0 Å². The Balaban J connectivity index is 2.53. The van der Waals surface area contributed by atoms with E-state index < -0.39 is 23.0 Å². The van der Waals surface area contributed by atoms with Gasteiger partial charge < -0.3 is 15.1 Å². The highest BCUT2D eigenvalue weighted by Gasteiger charge is 2.40. The molecule has 0 saturated carbocycles. The lowest BCUT2D eigenvalue weighted by Crippen LogP contribution is -2.44. The number of amides is 1. The van der Waals surface area contributed by atoms with Gasteiger partial charge in [-0.15, -0.1) is 0 Å². The number of carboxylic acids is 1. The van der Waals surface area contributed by atoms with Crippen LogP contribution in [0.4, 0.5) is 0 Å². The van der Waals surface area contributed by atoms with E-state index in [2.05, 4.69) is 19.9 Å². The molecule has 6 heteroatoms. The summed E-state index contributed by atoms with van der Waals surface area (Å²) in [6.45, 7) is 17.5. The fourth-order valence-electron chi connectivity index (χ4n) is 5.76. The Bertz CT molecular complexity index is 1240. The SMILES string of the molecule is CCCC(CC)(c1ccc(C(=O)CC(O)(CC)C(C)(C)C)c(C)c1)c1ccc(C(=O)N(C)C(C)C(=O)O)c(C)c1. The smallest absolute Gasteiger partial charge is 0.326 e. The fourth-order valence-corrected chi connectivity index (χ4v) is 5.76. The molecule has 0 aliphatic carbocycles. The summed E-state index contributed by atoms with van der Waals surface area (Å²) in [6.07, 6.45) is 3.23. The van der Waals surface area contributed by atoms with E-state index in [1.165, 1.54) is 18.9 Å². The molecule has 0 spiro atoms. The zero-order valence-corrected chi connectivity index (χ0v) is 26.1. The zero-order chi connectivity index (χ0) is 30.6. The Morgan fingerprint density at radius 1 is 0.875 bits per heavy atom. The van der Waals surface area contributed by atoms with Crippen molar-refractivity contribution >= 4 is 17.7 Å². The summed E-state index contributed by atoms with van der Waals surface area (Å²) >= 11 is 0. The predicted octanol–water partition coefficient (Wildman–Crippen LogP) is 7.10. The number of carbonyl (C=O) groups is 3. The van der Waals surface area contributed by atoms with Gasteiger partial charge in [0.05, 0.1) is 5.60 Å². The lowest BCUT2D eigenvalue weighted by Gasteiger charge is -2.39. The van der Waals surface area contributed by atoms with Gasteiger partial charge in [0.2, 0.25) is 0 Å². The van der Waals surface area contributed by atoms with Crippen molar-refractivity contribution in [3.63, 3.8) is 0 Å². The van der Waals surface area contributed by atoms with Crippen LogP contribution in [0.15, 0.2) is 36.4 Å². The summed E-state index contributed by atoms with van der Waals surface area (Å²) < 4.78 is 0. The Kier molecular flexibility index (Phi) is 10.5. The summed E-state index contributed by atoms with van der Waals surface area (Å²) in [5.74, 6) is -1.43. The van der Waals surface area contributed by atoms with E-state index in [1.807, 2.05) is 65.8 Å². The van der Waals surface area contributed by atoms with Crippen molar-refractivity contribution in [2.24, 2.45) is 5.41 Å². The standard InChI is InChI=1S/C34H49NO5/c1-11-18-33(12-2,26-15-17-28(23(5)20-26)30(37)35(10)24(6)31(38)39)25-14-16-27(22(4)19-25)29(36)21-34(40,13-3)32(7,8)9/h14-17,19-20,24,40H,11-13,18,21H2,1-10H3,(H,38,39). The number of hydrogen-bond donors (Lipinski definition) is 2. The van der Waals surface area contributed by atoms with Crippen LogP contribution in [0.1, 0.15) is 124 Å². The van der Waals surface area contributed by atoms with Crippen LogP contribution in [0.25, 0.3) is 0 Å². The summed E-state index contributed by atoms with van der Waals surface area (Å²) in [5, 5.41) is 20.6. The molecule has 0 fully saturated rings. The number of aliphatic hydroxyl groups is 1. The third kappa shape index (κ3) is 6.49. The number of ketones is 1. The molecule has 3 unspecified atom stereocenters. The minimum absolute atomic E-state index is 0.0562. The highest BCUT2D eigenvalue weighted by atomic mass is 16.4. The first kappa shape index (κ1) is 33.2. The Morgan fingerprint density at radius 2 is 1.38 bits per heavy atom. The molecule has 2 N–H and O–H groups in total. The van der Waals surface area contributed by atoms with Crippen molar-refractivity contribution in [3.8, 4) is 0 Å². The number of benzene rings is 2. The molecule has 220 valence electrons. The van der Waals surface area contributed by atoms with Crippen molar-refractivity contribution in [2.45, 2.75) is 111 Å². The van der Waals surface area contributed by atoms with Crippen molar-refractivity contribution in [1.82, 2.24) is 4.90 Å². The van der Waals surface area contributed by atoms with E-state index in [-0.39, 0.29) is 23.5 Å². The average Bonchev–Trinajstić information content (AvgIpc) is 2.89. The second-order valence-corrected chi connectivity index (χ2v) is 12.4. The van der Waals surface area contributed by atoms with Crippen LogP contribution in [0.5, 0.6) is 0 Å². The van der Waals surface area contributed by atoms with E-state index in [9.17, 15) is 24.6 Å². The van der Waals surface area contributed by atoms with Crippen molar-refractivity contribution in [3.05, 3.63) is 69.8 Å². The van der Waals surface area contributed by atoms with Crippen molar-refractivity contribution < 1.29 is 24.6 Å². The molecular weight excluding hydrogens is 502 g/mol. The van der Waals surface area contributed by atoms with Crippen LogP contribution in [-0.2, 0) is 10.2 Å². The molecule has 0 saturated heterocycles. The predicted molar refractivity (Wildman–Crippen MR) is 161 cm³/mol. The highest BCUT2D eigenvalue weighted by Crippen LogP contribution is 2.42. The molecule has 1 amide bonds. The number of rotatable bonds is 12. The molecule has 0 bridgehead atoms. The quantitative estimate of drug-likeness (QED) is 0.274. The van der Waals surface area contributed by atoms with Gasteiger partial charge >= 0.3 is 5.97 Å². The Hall–Kier alpha value is -2.99. The molecule has 0 heterocycles. The number of aliphatic carboxylic acids is 1. The molecule has 2 rings (SSSR count). The van der Waals surface area contributed by atoms with E-state index in [1.54, 1.807) is 6.07 Å². The largest absolute Gasteiger partial charge is 0.480 e. The van der Waals surface area contributed by atoms with Crippen LogP contribution in [0.3, 0.4) is 0 Å². The van der Waals surface area contributed by atoms with E-state index in [0.29, 0.717) is 17.5 Å². The molecule has 0 aromatic heterocycles. The third-order valence-corrected chi connectivity index (χ3v) is 9.06. The Labute approximate surface area is 240 Å². The first-order valence-corrected chi connectivity index (χ1v) is 14.5. The molecule has 0 aliphatic rings. The molecule has 2 aromatic rings. The lowest BCUT2D eigenvalue weighted by atomic mass is 9.68. The van der Waals surface area contributed by atoms with Crippen LogP contribution >= 0.6 is 0 Å². The second-order valence-electron chi connectivity index (χ2n) is 12.4. The third-order valence-electron chi connectivity index (χ3n) is 9.06. The second kappa shape index (κ2) is 12.7. The van der Waals surface area contributed by atoms with Gasteiger partial charge in [-0.25, -0.2) is 4.79 Å². The first-order valence-electron chi connectivity index (χ1n) is 14.5. The zero-order valence-electron chi connectivity index (χ0n) is 26.1. The summed E-state index contributed by atoms with van der Waals surface area (Å²) in [5.41, 5.74) is 3.18. The van der Waals surface area contributed by atoms with Crippen LogP contribution in [-0.4, -0.2) is 51.5 Å². The van der Waals surface area contributed by atoms with Gasteiger partial charge in [0.15, 0.2) is 5.78 Å². The number of hydrogen-bond acceptors (Lipinski definition) is 4. The number of carboxylic acid groups (broad SMARTS) is 1. The van der Waals surface area contributed by atoms with Crippen LogP contribution in [0.2, 0.25) is 0 Å². The number of likely N-dealkylation sites (N-methyl/N-ethyl adjacent to an activating group) is 1. The fraction of sp³-hybridized carbons (Fsp3) is 0.559. The summed E-state index contributed by atoms with van der Waals surface area (Å²) in [6, 6.07) is 11.0. The minimum atomic E-state index is -1.09. The molecule has 0 radical (unpaired) electrons. The van der Waals surface area contributed by atoms with Crippen LogP contribution < -0.4 is 0 Å². The molecule has 0 aliphatic heterocycles. The monoisotopic (exact) mass is 551 g/mol. The number of nitrogens with zero attached hydrogens (tertiary/aromatic N) is 1.